The maximum absolute atomic E-state index is 12.7. The molecule has 1 atom stereocenters. The zero-order valence-corrected chi connectivity index (χ0v) is 20.7. The normalized spacial score (nSPS) is 12.3. The Labute approximate surface area is 197 Å². The number of benzene rings is 3. The quantitative estimate of drug-likeness (QED) is 0.490. The van der Waals surface area contributed by atoms with Crippen molar-refractivity contribution < 1.29 is 13.2 Å². The first-order valence-electron chi connectivity index (χ1n) is 11.1. The van der Waals surface area contributed by atoms with Crippen molar-refractivity contribution in [1.29, 1.82) is 0 Å². The lowest BCUT2D eigenvalue weighted by atomic mass is 10.0. The lowest BCUT2D eigenvalue weighted by Gasteiger charge is -2.25. The van der Waals surface area contributed by atoms with Crippen molar-refractivity contribution in [3.8, 4) is 0 Å². The van der Waals surface area contributed by atoms with E-state index in [-0.39, 0.29) is 18.5 Å². The highest BCUT2D eigenvalue weighted by Crippen LogP contribution is 2.26. The Morgan fingerprint density at radius 2 is 1.55 bits per heavy atom. The van der Waals surface area contributed by atoms with E-state index in [1.54, 1.807) is 24.3 Å². The van der Waals surface area contributed by atoms with Gasteiger partial charge in [-0.2, -0.15) is 0 Å². The van der Waals surface area contributed by atoms with Crippen molar-refractivity contribution in [2.24, 2.45) is 0 Å². The number of nitrogens with one attached hydrogen (secondary N) is 1. The Morgan fingerprint density at radius 1 is 0.939 bits per heavy atom. The molecule has 1 amide bonds. The third-order valence-corrected chi connectivity index (χ3v) is 6.94. The molecule has 0 bridgehead atoms. The molecule has 0 heterocycles. The summed E-state index contributed by atoms with van der Waals surface area (Å²) in [6, 6.07) is 21.0. The van der Waals surface area contributed by atoms with Gasteiger partial charge in [0.05, 0.1) is 24.5 Å². The summed E-state index contributed by atoms with van der Waals surface area (Å²) in [4.78, 5) is 12.7. The third kappa shape index (κ3) is 6.23. The first-order chi connectivity index (χ1) is 15.6. The first kappa shape index (κ1) is 24.5. The van der Waals surface area contributed by atoms with Crippen molar-refractivity contribution in [3.63, 3.8) is 0 Å². The topological polar surface area (TPSA) is 66.5 Å². The van der Waals surface area contributed by atoms with Crippen LogP contribution in [0.1, 0.15) is 58.1 Å². The van der Waals surface area contributed by atoms with Crippen LogP contribution in [0.2, 0.25) is 0 Å². The van der Waals surface area contributed by atoms with Crippen LogP contribution in [0.5, 0.6) is 0 Å². The van der Waals surface area contributed by atoms with Crippen LogP contribution in [-0.4, -0.2) is 20.6 Å². The van der Waals surface area contributed by atoms with Gasteiger partial charge in [0.25, 0.3) is 5.91 Å². The van der Waals surface area contributed by atoms with Gasteiger partial charge in [-0.3, -0.25) is 9.10 Å². The summed E-state index contributed by atoms with van der Waals surface area (Å²) in [6.07, 6.45) is 2.19. The van der Waals surface area contributed by atoms with Gasteiger partial charge in [-0.25, -0.2) is 8.42 Å². The van der Waals surface area contributed by atoms with E-state index in [1.807, 2.05) is 51.1 Å². The van der Waals surface area contributed by atoms with Crippen molar-refractivity contribution in [3.05, 3.63) is 100 Å². The number of amides is 1. The number of rotatable bonds is 8. The monoisotopic (exact) mass is 464 g/mol. The minimum atomic E-state index is -3.48. The SMILES string of the molecule is CCc1ccc([C@@H](C)NC(=O)c2ccc(CN(c3cc(C)ccc3C)S(C)(=O)=O)cc2)cc1. The number of aryl methyl sites for hydroxylation is 3. The predicted molar refractivity (Wildman–Crippen MR) is 135 cm³/mol. The summed E-state index contributed by atoms with van der Waals surface area (Å²) in [5.41, 5.74) is 6.21. The van der Waals surface area contributed by atoms with E-state index in [1.165, 1.54) is 16.1 Å². The van der Waals surface area contributed by atoms with Crippen LogP contribution in [0.25, 0.3) is 0 Å². The molecule has 5 nitrogen and oxygen atoms in total. The van der Waals surface area contributed by atoms with Gasteiger partial charge >= 0.3 is 0 Å². The lowest BCUT2D eigenvalue weighted by Crippen LogP contribution is -2.30. The Hall–Kier alpha value is -3.12. The van der Waals surface area contributed by atoms with Gasteiger partial charge in [0.15, 0.2) is 0 Å². The molecule has 3 rings (SSSR count). The van der Waals surface area contributed by atoms with Gasteiger partial charge in [-0.1, -0.05) is 55.5 Å². The highest BCUT2D eigenvalue weighted by molar-refractivity contribution is 7.92. The molecule has 0 unspecified atom stereocenters. The summed E-state index contributed by atoms with van der Waals surface area (Å²) in [5, 5.41) is 3.03. The van der Waals surface area contributed by atoms with Gasteiger partial charge < -0.3 is 5.32 Å². The minimum absolute atomic E-state index is 0.117. The fourth-order valence-corrected chi connectivity index (χ4v) is 4.64. The van der Waals surface area contributed by atoms with E-state index in [4.69, 9.17) is 0 Å². The number of hydrogen-bond acceptors (Lipinski definition) is 3. The molecule has 6 heteroatoms. The van der Waals surface area contributed by atoms with Crippen molar-refractivity contribution in [2.75, 3.05) is 10.6 Å². The maximum atomic E-state index is 12.7. The number of carbonyl (C=O) groups excluding carboxylic acids is 1. The van der Waals surface area contributed by atoms with Crippen molar-refractivity contribution >= 4 is 21.6 Å². The second kappa shape index (κ2) is 10.2. The largest absolute Gasteiger partial charge is 0.346 e. The van der Waals surface area contributed by atoms with Crippen molar-refractivity contribution in [1.82, 2.24) is 5.32 Å². The number of sulfonamides is 1. The van der Waals surface area contributed by atoms with E-state index in [0.717, 1.165) is 28.7 Å². The Balaban J connectivity index is 1.74. The molecule has 1 N–H and O–H groups in total. The fourth-order valence-electron chi connectivity index (χ4n) is 3.70. The fraction of sp³-hybridized carbons (Fsp3) is 0.296. The molecule has 3 aromatic rings. The molecule has 33 heavy (non-hydrogen) atoms. The average molecular weight is 465 g/mol. The van der Waals surface area contributed by atoms with Gasteiger partial charge in [0, 0.05) is 5.56 Å². The summed E-state index contributed by atoms with van der Waals surface area (Å²) < 4.78 is 26.5. The van der Waals surface area contributed by atoms with Crippen LogP contribution in [0.15, 0.2) is 66.7 Å². The minimum Gasteiger partial charge on any atom is -0.346 e. The molecule has 0 fully saturated rings. The number of carbonyl (C=O) groups is 1. The maximum Gasteiger partial charge on any atom is 0.251 e. The van der Waals surface area contributed by atoms with Crippen LogP contribution in [0, 0.1) is 13.8 Å². The molecule has 0 saturated heterocycles. The van der Waals surface area contributed by atoms with Crippen LogP contribution < -0.4 is 9.62 Å². The third-order valence-electron chi connectivity index (χ3n) is 5.81. The van der Waals surface area contributed by atoms with Crippen LogP contribution in [0.4, 0.5) is 5.69 Å². The first-order valence-corrected chi connectivity index (χ1v) is 13.0. The van der Waals surface area contributed by atoms with Crippen LogP contribution in [-0.2, 0) is 23.0 Å². The highest BCUT2D eigenvalue weighted by Gasteiger charge is 2.20. The van der Waals surface area contributed by atoms with E-state index in [9.17, 15) is 13.2 Å². The molecular weight excluding hydrogens is 432 g/mol. The number of anilines is 1. The van der Waals surface area contributed by atoms with Gasteiger partial charge in [0.1, 0.15) is 0 Å². The van der Waals surface area contributed by atoms with E-state index < -0.39 is 10.0 Å². The molecular formula is C27H32N2O3S. The Bertz CT molecular complexity index is 1220. The van der Waals surface area contributed by atoms with Crippen molar-refractivity contribution in [2.45, 2.75) is 46.7 Å². The van der Waals surface area contributed by atoms with Gasteiger partial charge in [-0.15, -0.1) is 0 Å². The Kier molecular flexibility index (Phi) is 7.59. The van der Waals surface area contributed by atoms with Crippen LogP contribution >= 0.6 is 0 Å². The number of nitrogens with zero attached hydrogens (tertiary/aromatic N) is 1. The summed E-state index contributed by atoms with van der Waals surface area (Å²) >= 11 is 0. The van der Waals surface area contributed by atoms with E-state index in [0.29, 0.717) is 11.3 Å². The predicted octanol–water partition coefficient (Wildman–Crippen LogP) is 5.32. The highest BCUT2D eigenvalue weighted by atomic mass is 32.2. The molecule has 174 valence electrons. The smallest absolute Gasteiger partial charge is 0.251 e. The van der Waals surface area contributed by atoms with E-state index in [2.05, 4.69) is 24.4 Å². The summed E-state index contributed by atoms with van der Waals surface area (Å²) in [6.45, 7) is 8.11. The molecule has 0 aliphatic carbocycles. The molecule has 0 aliphatic heterocycles. The van der Waals surface area contributed by atoms with Crippen LogP contribution in [0.3, 0.4) is 0 Å². The summed E-state index contributed by atoms with van der Waals surface area (Å²) in [7, 11) is -3.48. The molecule has 0 aromatic heterocycles. The molecule has 0 aliphatic rings. The van der Waals surface area contributed by atoms with Gasteiger partial charge in [-0.05, 0) is 73.2 Å². The second-order valence-corrected chi connectivity index (χ2v) is 10.5. The average Bonchev–Trinajstić information content (AvgIpc) is 2.79. The molecule has 0 spiro atoms. The lowest BCUT2D eigenvalue weighted by molar-refractivity contribution is 0.0940. The van der Waals surface area contributed by atoms with Gasteiger partial charge in [0.2, 0.25) is 10.0 Å². The zero-order chi connectivity index (χ0) is 24.2. The summed E-state index contributed by atoms with van der Waals surface area (Å²) in [5.74, 6) is -0.164. The zero-order valence-electron chi connectivity index (χ0n) is 19.9. The standard InChI is InChI=1S/C27H32N2O3S/c1-6-22-9-13-24(14-10-22)21(4)28-27(30)25-15-11-23(12-16-25)18-29(33(5,31)32)26-17-19(2)7-8-20(26)3/h7-17,21H,6,18H2,1-5H3,(H,28,30)/t21-/m1/s1. The molecule has 0 radical (unpaired) electrons. The Morgan fingerprint density at radius 3 is 2.12 bits per heavy atom. The molecule has 0 saturated carbocycles. The number of hydrogen-bond donors (Lipinski definition) is 1. The molecule has 3 aromatic carbocycles. The second-order valence-electron chi connectivity index (χ2n) is 8.55. The van der Waals surface area contributed by atoms with E-state index >= 15 is 0 Å².